The predicted molar refractivity (Wildman–Crippen MR) is 167 cm³/mol. The molecule has 0 radical (unpaired) electrons. The molecule has 8 fully saturated rings. The Morgan fingerprint density at radius 3 is 1.76 bits per heavy atom. The van der Waals surface area contributed by atoms with Crippen molar-refractivity contribution in [1.82, 2.24) is 0 Å². The van der Waals surface area contributed by atoms with Gasteiger partial charge in [0.25, 0.3) is 0 Å². The van der Waals surface area contributed by atoms with Crippen LogP contribution in [0.4, 0.5) is 0 Å². The molecule has 8 saturated carbocycles. The molecule has 10 rings (SSSR count). The monoisotopic (exact) mass is 564 g/mol. The van der Waals surface area contributed by atoms with Crippen LogP contribution in [0.1, 0.15) is 107 Å². The summed E-state index contributed by atoms with van der Waals surface area (Å²) in [5.41, 5.74) is 5.66. The average molecular weight is 565 g/mol. The lowest BCUT2D eigenvalue weighted by atomic mass is 9.48. The van der Waals surface area contributed by atoms with Crippen LogP contribution in [-0.2, 0) is 4.79 Å². The van der Waals surface area contributed by atoms with Gasteiger partial charge in [0.15, 0.2) is 0 Å². The van der Waals surface area contributed by atoms with Gasteiger partial charge in [-0.3, -0.25) is 4.79 Å². The Bertz CT molecular complexity index is 1270. The quantitative estimate of drug-likeness (QED) is 0.292. The molecule has 3 nitrogen and oxygen atoms in total. The van der Waals surface area contributed by atoms with Crippen LogP contribution >= 0.6 is 0 Å². The summed E-state index contributed by atoms with van der Waals surface area (Å²) in [6.07, 6.45) is 18.6. The van der Waals surface area contributed by atoms with Crippen molar-refractivity contribution < 1.29 is 14.6 Å². The summed E-state index contributed by atoms with van der Waals surface area (Å²) in [4.78, 5) is 13.3. The van der Waals surface area contributed by atoms with Crippen LogP contribution in [-0.4, -0.2) is 17.5 Å². The molecule has 1 N–H and O–H groups in total. The number of ketones is 1. The number of rotatable bonds is 10. The summed E-state index contributed by atoms with van der Waals surface area (Å²) < 4.78 is 6.18. The topological polar surface area (TPSA) is 46.5 Å². The molecule has 8 aliphatic rings. The van der Waals surface area contributed by atoms with Crippen molar-refractivity contribution >= 4 is 11.4 Å². The van der Waals surface area contributed by atoms with E-state index >= 15 is 0 Å². The van der Waals surface area contributed by atoms with Crippen LogP contribution in [0.15, 0.2) is 54.1 Å². The zero-order valence-electron chi connectivity index (χ0n) is 25.2. The molecular weight excluding hydrogens is 516 g/mol. The van der Waals surface area contributed by atoms with Gasteiger partial charge >= 0.3 is 0 Å². The fraction of sp³-hybridized carbons (Fsp3) is 0.615. The molecule has 0 heterocycles. The SMILES string of the molecule is O=C(CCCCCOc1ccc(C(=C2C3CC4CC(C3)CC2C4)c2ccc(O)cc2)cc1)C12CC3CC(CC(C3)C1)C2. The number of carbonyl (C=O) groups is 1. The fourth-order valence-electron chi connectivity index (χ4n) is 11.4. The first-order chi connectivity index (χ1) is 20.5. The van der Waals surface area contributed by atoms with Gasteiger partial charge in [-0.2, -0.15) is 0 Å². The summed E-state index contributed by atoms with van der Waals surface area (Å²) in [6, 6.07) is 16.6. The number of hydrogen-bond donors (Lipinski definition) is 1. The third-order valence-corrected chi connectivity index (χ3v) is 12.6. The number of hydrogen-bond acceptors (Lipinski definition) is 3. The summed E-state index contributed by atoms with van der Waals surface area (Å²) in [6.45, 7) is 0.712. The van der Waals surface area contributed by atoms with Crippen molar-refractivity contribution in [2.75, 3.05) is 6.61 Å². The van der Waals surface area contributed by atoms with Crippen LogP contribution in [0, 0.1) is 46.8 Å². The van der Waals surface area contributed by atoms with E-state index in [1.54, 1.807) is 5.57 Å². The minimum atomic E-state index is 0.0674. The number of unbranched alkanes of at least 4 members (excludes halogenated alkanes) is 2. The number of benzene rings is 2. The zero-order chi connectivity index (χ0) is 28.3. The highest BCUT2D eigenvalue weighted by molar-refractivity contribution is 5.85. The average Bonchev–Trinajstić information content (AvgIpc) is 2.97. The minimum absolute atomic E-state index is 0.0674. The molecule has 0 amide bonds. The van der Waals surface area contributed by atoms with Crippen LogP contribution < -0.4 is 4.74 Å². The molecule has 0 atom stereocenters. The van der Waals surface area contributed by atoms with Gasteiger partial charge in [0.1, 0.15) is 17.3 Å². The molecule has 222 valence electrons. The molecule has 0 saturated heterocycles. The Morgan fingerprint density at radius 1 is 0.667 bits per heavy atom. The summed E-state index contributed by atoms with van der Waals surface area (Å²) in [5, 5.41) is 9.98. The van der Waals surface area contributed by atoms with Crippen molar-refractivity contribution in [2.24, 2.45) is 46.8 Å². The van der Waals surface area contributed by atoms with Gasteiger partial charge < -0.3 is 9.84 Å². The van der Waals surface area contributed by atoms with Crippen LogP contribution in [0.3, 0.4) is 0 Å². The molecule has 2 aromatic carbocycles. The third-order valence-electron chi connectivity index (χ3n) is 12.6. The van der Waals surface area contributed by atoms with Crippen molar-refractivity contribution in [2.45, 2.75) is 96.3 Å². The predicted octanol–water partition coefficient (Wildman–Crippen LogP) is 9.37. The maximum Gasteiger partial charge on any atom is 0.139 e. The normalized spacial score (nSPS) is 35.5. The van der Waals surface area contributed by atoms with E-state index in [2.05, 4.69) is 36.4 Å². The first-order valence-corrected chi connectivity index (χ1v) is 17.3. The lowest BCUT2D eigenvalue weighted by molar-refractivity contribution is -0.144. The Labute approximate surface area is 252 Å². The molecule has 2 aromatic rings. The van der Waals surface area contributed by atoms with Gasteiger partial charge in [-0.05, 0) is 172 Å². The van der Waals surface area contributed by atoms with Gasteiger partial charge in [0, 0.05) is 11.8 Å². The van der Waals surface area contributed by atoms with E-state index in [1.807, 2.05) is 12.1 Å². The number of phenolic OH excluding ortho intramolecular Hbond substituents is 1. The molecule has 8 bridgehead atoms. The Balaban J connectivity index is 0.881. The Morgan fingerprint density at radius 2 is 1.19 bits per heavy atom. The second kappa shape index (κ2) is 10.9. The maximum absolute atomic E-state index is 13.3. The van der Waals surface area contributed by atoms with E-state index < -0.39 is 0 Å². The highest BCUT2D eigenvalue weighted by Gasteiger charge is 2.54. The number of phenols is 1. The smallest absolute Gasteiger partial charge is 0.139 e. The standard InChI is InChI=1S/C39H48O3/c40-34-9-5-30(6-10-34)37(38-32-18-25-14-26(20-32)21-33(38)19-25)31-7-11-35(12-8-31)42-13-3-1-2-4-36(41)39-22-27-15-28(23-39)17-29(16-27)24-39/h5-12,25-29,32-33,40H,1-4,13-24H2. The van der Waals surface area contributed by atoms with E-state index in [0.29, 0.717) is 18.1 Å². The van der Waals surface area contributed by atoms with Gasteiger partial charge in [-0.25, -0.2) is 0 Å². The van der Waals surface area contributed by atoms with Crippen molar-refractivity contribution in [1.29, 1.82) is 0 Å². The second-order valence-electron chi connectivity index (χ2n) is 15.5. The molecule has 42 heavy (non-hydrogen) atoms. The van der Waals surface area contributed by atoms with Crippen molar-refractivity contribution in [3.8, 4) is 11.5 Å². The van der Waals surface area contributed by atoms with Crippen LogP contribution in [0.5, 0.6) is 11.5 Å². The summed E-state index contributed by atoms with van der Waals surface area (Å²) in [5.74, 6) is 7.70. The van der Waals surface area contributed by atoms with Crippen LogP contribution in [0.2, 0.25) is 0 Å². The molecule has 8 aliphatic carbocycles. The van der Waals surface area contributed by atoms with E-state index in [4.69, 9.17) is 4.74 Å². The highest BCUT2D eigenvalue weighted by Crippen LogP contribution is 2.61. The second-order valence-corrected chi connectivity index (χ2v) is 15.5. The van der Waals surface area contributed by atoms with Crippen molar-refractivity contribution in [3.05, 3.63) is 65.2 Å². The molecule has 0 spiro atoms. The number of ether oxygens (including phenoxy) is 1. The third kappa shape index (κ3) is 5.03. The van der Waals surface area contributed by atoms with Crippen molar-refractivity contribution in [3.63, 3.8) is 0 Å². The van der Waals surface area contributed by atoms with E-state index in [-0.39, 0.29) is 5.41 Å². The van der Waals surface area contributed by atoms with E-state index in [0.717, 1.165) is 72.9 Å². The molecular formula is C39H48O3. The molecule has 0 aromatic heterocycles. The Kier molecular flexibility index (Phi) is 6.99. The minimum Gasteiger partial charge on any atom is -0.508 e. The lowest BCUT2D eigenvalue weighted by Gasteiger charge is -2.56. The van der Waals surface area contributed by atoms with Gasteiger partial charge in [0.05, 0.1) is 6.61 Å². The van der Waals surface area contributed by atoms with Gasteiger partial charge in [-0.1, -0.05) is 29.8 Å². The summed E-state index contributed by atoms with van der Waals surface area (Å²) >= 11 is 0. The number of carbonyl (C=O) groups excluding carboxylic acids is 1. The molecule has 0 aliphatic heterocycles. The van der Waals surface area contributed by atoms with E-state index in [1.165, 1.54) is 87.3 Å². The largest absolute Gasteiger partial charge is 0.508 e. The fourth-order valence-corrected chi connectivity index (χ4v) is 11.4. The molecule has 0 unspecified atom stereocenters. The molecule has 3 heteroatoms. The first kappa shape index (κ1) is 27.0. The lowest BCUT2D eigenvalue weighted by Crippen LogP contribution is -2.49. The van der Waals surface area contributed by atoms with Gasteiger partial charge in [0.2, 0.25) is 0 Å². The number of aromatic hydroxyl groups is 1. The number of allylic oxidation sites excluding steroid dienone is 1. The zero-order valence-corrected chi connectivity index (χ0v) is 25.2. The van der Waals surface area contributed by atoms with E-state index in [9.17, 15) is 9.90 Å². The highest BCUT2D eigenvalue weighted by atomic mass is 16.5. The summed E-state index contributed by atoms with van der Waals surface area (Å²) in [7, 11) is 0. The van der Waals surface area contributed by atoms with Gasteiger partial charge in [-0.15, -0.1) is 0 Å². The Hall–Kier alpha value is -2.55. The van der Waals surface area contributed by atoms with Crippen LogP contribution in [0.25, 0.3) is 5.57 Å². The maximum atomic E-state index is 13.3. The first-order valence-electron chi connectivity index (χ1n) is 17.3. The number of Topliss-reactive ketones (excluding diaryl/α,β-unsaturated/α-hetero) is 1.